The standard InChI is InChI=1S/C16H19Cl2N3O3S/c1-9(19-14(22)24-16(2,3)4)13-20-21-15(23-13)25-8-10-5-6-11(17)12(18)7-10/h5-7,9H,8H2,1-4H3,(H,19,22)/t9-/m1/s1. The summed E-state index contributed by atoms with van der Waals surface area (Å²) in [7, 11) is 0. The predicted molar refractivity (Wildman–Crippen MR) is 98.1 cm³/mol. The average molecular weight is 404 g/mol. The zero-order valence-corrected chi connectivity index (χ0v) is 16.6. The van der Waals surface area contributed by atoms with Gasteiger partial charge in [0.15, 0.2) is 0 Å². The quantitative estimate of drug-likeness (QED) is 0.686. The first-order valence-corrected chi connectivity index (χ1v) is 9.28. The number of benzene rings is 1. The topological polar surface area (TPSA) is 77.2 Å². The SMILES string of the molecule is C[C@@H](NC(=O)OC(C)(C)C)c1nnc(SCc2ccc(Cl)c(Cl)c2)o1. The molecule has 0 bridgehead atoms. The molecule has 1 aromatic heterocycles. The summed E-state index contributed by atoms with van der Waals surface area (Å²) < 4.78 is 10.8. The van der Waals surface area contributed by atoms with Crippen molar-refractivity contribution in [3.05, 3.63) is 39.7 Å². The van der Waals surface area contributed by atoms with Crippen molar-refractivity contribution in [1.29, 1.82) is 0 Å². The van der Waals surface area contributed by atoms with Gasteiger partial charge in [0, 0.05) is 5.75 Å². The van der Waals surface area contributed by atoms with Gasteiger partial charge in [-0.25, -0.2) is 4.79 Å². The monoisotopic (exact) mass is 403 g/mol. The number of halogens is 2. The maximum absolute atomic E-state index is 11.8. The molecular weight excluding hydrogens is 385 g/mol. The van der Waals surface area contributed by atoms with Crippen LogP contribution in [0.2, 0.25) is 10.0 Å². The molecule has 1 atom stereocenters. The molecule has 0 fully saturated rings. The summed E-state index contributed by atoms with van der Waals surface area (Å²) in [6.45, 7) is 7.12. The van der Waals surface area contributed by atoms with Crippen LogP contribution in [0.3, 0.4) is 0 Å². The number of amides is 1. The number of carbonyl (C=O) groups excluding carboxylic acids is 1. The third kappa shape index (κ3) is 6.41. The van der Waals surface area contributed by atoms with Gasteiger partial charge in [-0.1, -0.05) is 41.0 Å². The van der Waals surface area contributed by atoms with Gasteiger partial charge in [-0.2, -0.15) is 0 Å². The molecule has 1 heterocycles. The van der Waals surface area contributed by atoms with Gasteiger partial charge < -0.3 is 14.5 Å². The molecule has 2 aromatic rings. The highest BCUT2D eigenvalue weighted by atomic mass is 35.5. The molecule has 1 amide bonds. The number of thioether (sulfide) groups is 1. The van der Waals surface area contributed by atoms with Gasteiger partial charge in [0.2, 0.25) is 5.89 Å². The van der Waals surface area contributed by atoms with E-state index < -0.39 is 17.7 Å². The van der Waals surface area contributed by atoms with Crippen LogP contribution in [0.1, 0.15) is 45.2 Å². The molecule has 0 aliphatic carbocycles. The second kappa shape index (κ2) is 8.29. The summed E-state index contributed by atoms with van der Waals surface area (Å²) in [5.74, 6) is 0.911. The molecule has 1 N–H and O–H groups in total. The van der Waals surface area contributed by atoms with Crippen LogP contribution in [0.15, 0.2) is 27.8 Å². The summed E-state index contributed by atoms with van der Waals surface area (Å²) in [6, 6.07) is 4.96. The van der Waals surface area contributed by atoms with Crippen molar-refractivity contribution in [3.63, 3.8) is 0 Å². The minimum absolute atomic E-state index is 0.308. The Balaban J connectivity index is 1.90. The van der Waals surface area contributed by atoms with Crippen LogP contribution < -0.4 is 5.32 Å². The van der Waals surface area contributed by atoms with Crippen LogP contribution in [0, 0.1) is 0 Å². The maximum Gasteiger partial charge on any atom is 0.408 e. The lowest BCUT2D eigenvalue weighted by molar-refractivity contribution is 0.0500. The molecule has 0 unspecified atom stereocenters. The van der Waals surface area contributed by atoms with E-state index in [-0.39, 0.29) is 0 Å². The fourth-order valence-corrected chi connectivity index (χ4v) is 2.81. The van der Waals surface area contributed by atoms with E-state index >= 15 is 0 Å². The molecule has 0 radical (unpaired) electrons. The minimum atomic E-state index is -0.570. The van der Waals surface area contributed by atoms with Crippen LogP contribution in [0.4, 0.5) is 4.79 Å². The predicted octanol–water partition coefficient (Wildman–Crippen LogP) is 5.25. The fraction of sp³-hybridized carbons (Fsp3) is 0.438. The van der Waals surface area contributed by atoms with Crippen LogP contribution in [-0.4, -0.2) is 21.9 Å². The third-order valence-electron chi connectivity index (χ3n) is 2.87. The van der Waals surface area contributed by atoms with E-state index in [1.165, 1.54) is 11.8 Å². The number of rotatable bonds is 5. The van der Waals surface area contributed by atoms with Gasteiger partial charge in [-0.15, -0.1) is 10.2 Å². The Morgan fingerprint density at radius 1 is 1.32 bits per heavy atom. The zero-order chi connectivity index (χ0) is 18.6. The lowest BCUT2D eigenvalue weighted by Crippen LogP contribution is -2.34. The molecule has 0 aliphatic rings. The van der Waals surface area contributed by atoms with E-state index in [0.717, 1.165) is 5.56 Å². The van der Waals surface area contributed by atoms with E-state index in [2.05, 4.69) is 15.5 Å². The Labute approximate surface area is 160 Å². The Morgan fingerprint density at radius 3 is 2.68 bits per heavy atom. The fourth-order valence-electron chi connectivity index (χ4n) is 1.77. The van der Waals surface area contributed by atoms with Crippen molar-refractivity contribution in [2.24, 2.45) is 0 Å². The van der Waals surface area contributed by atoms with E-state index in [9.17, 15) is 4.79 Å². The van der Waals surface area contributed by atoms with Crippen molar-refractivity contribution in [1.82, 2.24) is 15.5 Å². The number of hydrogen-bond acceptors (Lipinski definition) is 6. The van der Waals surface area contributed by atoms with Crippen LogP contribution in [0.5, 0.6) is 0 Å². The number of carbonyl (C=O) groups is 1. The number of nitrogens with zero attached hydrogens (tertiary/aromatic N) is 2. The van der Waals surface area contributed by atoms with Gasteiger partial charge in [-0.3, -0.25) is 0 Å². The highest BCUT2D eigenvalue weighted by Gasteiger charge is 2.21. The normalized spacial score (nSPS) is 12.7. The van der Waals surface area contributed by atoms with Crippen LogP contribution in [0.25, 0.3) is 0 Å². The van der Waals surface area contributed by atoms with E-state index in [0.29, 0.717) is 26.9 Å². The second-order valence-electron chi connectivity index (χ2n) is 6.31. The number of aromatic nitrogens is 2. The molecule has 6 nitrogen and oxygen atoms in total. The maximum atomic E-state index is 11.8. The van der Waals surface area contributed by atoms with E-state index in [1.54, 1.807) is 39.8 Å². The first-order valence-electron chi connectivity index (χ1n) is 7.53. The lowest BCUT2D eigenvalue weighted by atomic mass is 10.2. The Kier molecular flexibility index (Phi) is 6.59. The Bertz CT molecular complexity index is 746. The molecule has 9 heteroatoms. The molecule has 136 valence electrons. The van der Waals surface area contributed by atoms with Gasteiger partial charge in [0.25, 0.3) is 5.22 Å². The summed E-state index contributed by atoms with van der Waals surface area (Å²) in [6.07, 6.45) is -0.539. The van der Waals surface area contributed by atoms with Crippen LogP contribution >= 0.6 is 35.0 Å². The first-order chi connectivity index (χ1) is 11.6. The first kappa shape index (κ1) is 19.9. The van der Waals surface area contributed by atoms with E-state index in [4.69, 9.17) is 32.4 Å². The molecule has 0 aliphatic heterocycles. The lowest BCUT2D eigenvalue weighted by Gasteiger charge is -2.20. The van der Waals surface area contributed by atoms with Gasteiger partial charge >= 0.3 is 6.09 Å². The zero-order valence-electron chi connectivity index (χ0n) is 14.3. The Morgan fingerprint density at radius 2 is 2.04 bits per heavy atom. The van der Waals surface area contributed by atoms with Crippen molar-refractivity contribution in [3.8, 4) is 0 Å². The highest BCUT2D eigenvalue weighted by molar-refractivity contribution is 7.98. The van der Waals surface area contributed by atoms with Crippen molar-refractivity contribution < 1.29 is 13.9 Å². The molecule has 25 heavy (non-hydrogen) atoms. The summed E-state index contributed by atoms with van der Waals surface area (Å²) >= 11 is 13.3. The van der Waals surface area contributed by atoms with Gasteiger partial charge in [0.1, 0.15) is 11.6 Å². The molecule has 1 aromatic carbocycles. The largest absolute Gasteiger partial charge is 0.444 e. The Hall–Kier alpha value is -1.44. The molecule has 2 rings (SSSR count). The number of hydrogen-bond donors (Lipinski definition) is 1. The van der Waals surface area contributed by atoms with Crippen molar-refractivity contribution >= 4 is 41.1 Å². The molecular formula is C16H19Cl2N3O3S. The van der Waals surface area contributed by atoms with E-state index in [1.807, 2.05) is 6.07 Å². The number of nitrogens with one attached hydrogen (secondary N) is 1. The van der Waals surface area contributed by atoms with Crippen LogP contribution in [-0.2, 0) is 10.5 Å². The summed E-state index contributed by atoms with van der Waals surface area (Å²) in [4.78, 5) is 11.8. The third-order valence-corrected chi connectivity index (χ3v) is 4.50. The highest BCUT2D eigenvalue weighted by Crippen LogP contribution is 2.27. The van der Waals surface area contributed by atoms with Gasteiger partial charge in [-0.05, 0) is 45.4 Å². The average Bonchev–Trinajstić information content (AvgIpc) is 2.95. The molecule has 0 spiro atoms. The van der Waals surface area contributed by atoms with Crippen molar-refractivity contribution in [2.45, 2.75) is 50.3 Å². The molecule has 0 saturated heterocycles. The van der Waals surface area contributed by atoms with Gasteiger partial charge in [0.05, 0.1) is 10.0 Å². The van der Waals surface area contributed by atoms with Crippen molar-refractivity contribution in [2.75, 3.05) is 0 Å². The second-order valence-corrected chi connectivity index (χ2v) is 8.05. The molecule has 0 saturated carbocycles. The smallest absolute Gasteiger partial charge is 0.408 e. The number of ether oxygens (including phenoxy) is 1. The summed E-state index contributed by atoms with van der Waals surface area (Å²) in [5, 5.41) is 12.0. The number of alkyl carbamates (subject to hydrolysis) is 1. The summed E-state index contributed by atoms with van der Waals surface area (Å²) in [5.41, 5.74) is 0.415. The minimum Gasteiger partial charge on any atom is -0.444 e.